The summed E-state index contributed by atoms with van der Waals surface area (Å²) in [6.45, 7) is 3.92. The van der Waals surface area contributed by atoms with Gasteiger partial charge in [-0.3, -0.25) is 0 Å². The summed E-state index contributed by atoms with van der Waals surface area (Å²) >= 11 is 9.66. The van der Waals surface area contributed by atoms with Gasteiger partial charge >= 0.3 is 0 Å². The van der Waals surface area contributed by atoms with Crippen molar-refractivity contribution in [3.8, 4) is 0 Å². The highest BCUT2D eigenvalue weighted by Gasteiger charge is 2.25. The molecule has 1 atom stereocenters. The molecule has 1 aliphatic heterocycles. The highest BCUT2D eigenvalue weighted by molar-refractivity contribution is 9.10. The second kappa shape index (κ2) is 6.86. The molecule has 1 fully saturated rings. The van der Waals surface area contributed by atoms with Gasteiger partial charge in [-0.05, 0) is 59.3 Å². The molecule has 1 unspecified atom stereocenters. The molecule has 1 aliphatic rings. The minimum Gasteiger partial charge on any atom is -0.384 e. The summed E-state index contributed by atoms with van der Waals surface area (Å²) in [5.74, 6) is 0.320. The number of benzene rings is 1. The number of piperidine rings is 1. The van der Waals surface area contributed by atoms with E-state index in [1.54, 1.807) is 4.31 Å². The van der Waals surface area contributed by atoms with E-state index in [0.29, 0.717) is 19.0 Å². The first kappa shape index (κ1) is 17.1. The van der Waals surface area contributed by atoms with Crippen LogP contribution in [0.25, 0.3) is 0 Å². The topological polar surface area (TPSA) is 49.4 Å². The molecule has 1 saturated heterocycles. The predicted molar refractivity (Wildman–Crippen MR) is 91.5 cm³/mol. The van der Waals surface area contributed by atoms with Gasteiger partial charge in [0.05, 0.1) is 6.26 Å². The number of aryl methyl sites for hydroxylation is 1. The lowest BCUT2D eigenvalue weighted by molar-refractivity contribution is 0.277. The van der Waals surface area contributed by atoms with Crippen molar-refractivity contribution in [1.82, 2.24) is 4.31 Å². The molecule has 0 bridgehead atoms. The number of hydrogen-bond donors (Lipinski definition) is 1. The Kier molecular flexibility index (Phi) is 5.57. The van der Waals surface area contributed by atoms with Crippen molar-refractivity contribution in [3.05, 3.63) is 27.2 Å². The fourth-order valence-electron chi connectivity index (χ4n) is 2.53. The molecule has 1 aromatic carbocycles. The van der Waals surface area contributed by atoms with Gasteiger partial charge in [-0.1, -0.05) is 11.6 Å². The molecule has 2 rings (SSSR count). The normalized spacial score (nSPS) is 20.5. The average Bonchev–Trinajstić information content (AvgIpc) is 2.41. The summed E-state index contributed by atoms with van der Waals surface area (Å²) in [6, 6.07) is 3.88. The summed E-state index contributed by atoms with van der Waals surface area (Å²) < 4.78 is 25.8. The zero-order chi connectivity index (χ0) is 15.6. The average molecular weight is 396 g/mol. The number of nitrogens with zero attached hydrogens (tertiary/aromatic N) is 1. The Hall–Kier alpha value is -0.300. The van der Waals surface area contributed by atoms with Gasteiger partial charge in [0, 0.05) is 34.8 Å². The number of halogens is 2. The van der Waals surface area contributed by atoms with Gasteiger partial charge in [-0.15, -0.1) is 0 Å². The van der Waals surface area contributed by atoms with Crippen molar-refractivity contribution in [1.29, 1.82) is 0 Å². The highest BCUT2D eigenvalue weighted by Crippen LogP contribution is 2.30. The fourth-order valence-corrected chi connectivity index (χ4v) is 4.23. The summed E-state index contributed by atoms with van der Waals surface area (Å²) in [5, 5.41) is 4.09. The molecule has 0 spiro atoms. The molecule has 1 N–H and O–H groups in total. The number of nitrogens with one attached hydrogen (secondary N) is 1. The lowest BCUT2D eigenvalue weighted by Crippen LogP contribution is -2.41. The van der Waals surface area contributed by atoms with Crippen LogP contribution in [-0.4, -0.2) is 38.6 Å². The van der Waals surface area contributed by atoms with Crippen LogP contribution in [0.1, 0.15) is 18.4 Å². The van der Waals surface area contributed by atoms with E-state index in [2.05, 4.69) is 21.2 Å². The van der Waals surface area contributed by atoms with E-state index in [1.807, 2.05) is 19.1 Å². The van der Waals surface area contributed by atoms with Crippen molar-refractivity contribution >= 4 is 43.2 Å². The van der Waals surface area contributed by atoms with E-state index in [1.165, 1.54) is 6.26 Å². The molecular weight excluding hydrogens is 376 g/mol. The maximum atomic E-state index is 11.6. The quantitative estimate of drug-likeness (QED) is 0.849. The molecule has 0 aliphatic carbocycles. The molecule has 0 aromatic heterocycles. The van der Waals surface area contributed by atoms with Gasteiger partial charge in [0.15, 0.2) is 0 Å². The van der Waals surface area contributed by atoms with Crippen LogP contribution in [0.15, 0.2) is 16.6 Å². The predicted octanol–water partition coefficient (Wildman–Crippen LogP) is 3.49. The molecule has 0 radical (unpaired) electrons. The Balaban J connectivity index is 1.98. The van der Waals surface area contributed by atoms with E-state index >= 15 is 0 Å². The van der Waals surface area contributed by atoms with E-state index in [4.69, 9.17) is 11.6 Å². The van der Waals surface area contributed by atoms with E-state index in [9.17, 15) is 8.42 Å². The van der Waals surface area contributed by atoms with Gasteiger partial charge in [0.2, 0.25) is 10.0 Å². The van der Waals surface area contributed by atoms with Gasteiger partial charge in [-0.2, -0.15) is 0 Å². The second-order valence-electron chi connectivity index (χ2n) is 5.59. The molecule has 1 heterocycles. The lowest BCUT2D eigenvalue weighted by Gasteiger charge is -2.31. The number of rotatable bonds is 4. The van der Waals surface area contributed by atoms with Gasteiger partial charge < -0.3 is 5.32 Å². The number of hydrogen-bond acceptors (Lipinski definition) is 3. The third-order valence-electron chi connectivity index (χ3n) is 3.78. The van der Waals surface area contributed by atoms with E-state index < -0.39 is 10.0 Å². The van der Waals surface area contributed by atoms with Crippen molar-refractivity contribution < 1.29 is 8.42 Å². The molecule has 21 heavy (non-hydrogen) atoms. The standard InChI is InChI=1S/C14H20BrClN2O2S/c1-10-6-12(15)14(7-13(10)16)17-8-11-4-3-5-18(9-11)21(2,19)20/h6-7,11,17H,3-5,8-9H2,1-2H3. The fraction of sp³-hybridized carbons (Fsp3) is 0.571. The third kappa shape index (κ3) is 4.58. The minimum atomic E-state index is -3.09. The molecule has 0 amide bonds. The van der Waals surface area contributed by atoms with Crippen molar-refractivity contribution in [2.75, 3.05) is 31.2 Å². The first-order valence-electron chi connectivity index (χ1n) is 6.92. The van der Waals surface area contributed by atoms with Crippen molar-refractivity contribution in [3.63, 3.8) is 0 Å². The molecular formula is C14H20BrClN2O2S. The third-order valence-corrected chi connectivity index (χ3v) is 6.11. The zero-order valence-electron chi connectivity index (χ0n) is 12.2. The van der Waals surface area contributed by atoms with Crippen molar-refractivity contribution in [2.24, 2.45) is 5.92 Å². The van der Waals surface area contributed by atoms with Crippen LogP contribution in [0.4, 0.5) is 5.69 Å². The van der Waals surface area contributed by atoms with Crippen LogP contribution in [0, 0.1) is 12.8 Å². The molecule has 118 valence electrons. The Labute approximate surface area is 140 Å². The first-order chi connectivity index (χ1) is 9.77. The van der Waals surface area contributed by atoms with Crippen LogP contribution in [0.2, 0.25) is 5.02 Å². The Morgan fingerprint density at radius 3 is 2.86 bits per heavy atom. The van der Waals surface area contributed by atoms with E-state index in [0.717, 1.165) is 40.1 Å². The maximum absolute atomic E-state index is 11.6. The summed E-state index contributed by atoms with van der Waals surface area (Å²) in [4.78, 5) is 0. The number of sulfonamides is 1. The Bertz CT molecular complexity index is 622. The van der Waals surface area contributed by atoms with Crippen LogP contribution in [-0.2, 0) is 10.0 Å². The molecule has 7 heteroatoms. The summed E-state index contributed by atoms with van der Waals surface area (Å²) in [6.07, 6.45) is 3.23. The smallest absolute Gasteiger partial charge is 0.211 e. The number of anilines is 1. The monoisotopic (exact) mass is 394 g/mol. The Morgan fingerprint density at radius 1 is 1.48 bits per heavy atom. The van der Waals surface area contributed by atoms with Crippen molar-refractivity contribution in [2.45, 2.75) is 19.8 Å². The molecule has 1 aromatic rings. The van der Waals surface area contributed by atoms with Crippen LogP contribution < -0.4 is 5.32 Å². The summed E-state index contributed by atoms with van der Waals surface area (Å²) in [7, 11) is -3.09. The van der Waals surface area contributed by atoms with Gasteiger partial charge in [0.25, 0.3) is 0 Å². The highest BCUT2D eigenvalue weighted by atomic mass is 79.9. The summed E-state index contributed by atoms with van der Waals surface area (Å²) in [5.41, 5.74) is 1.97. The lowest BCUT2D eigenvalue weighted by atomic mass is 9.99. The van der Waals surface area contributed by atoms with E-state index in [-0.39, 0.29) is 0 Å². The van der Waals surface area contributed by atoms with Gasteiger partial charge in [0.1, 0.15) is 0 Å². The molecule has 4 nitrogen and oxygen atoms in total. The SMILES string of the molecule is Cc1cc(Br)c(NCC2CCCN(S(C)(=O)=O)C2)cc1Cl. The largest absolute Gasteiger partial charge is 0.384 e. The Morgan fingerprint density at radius 2 is 2.19 bits per heavy atom. The maximum Gasteiger partial charge on any atom is 0.211 e. The second-order valence-corrected chi connectivity index (χ2v) is 8.84. The van der Waals surface area contributed by atoms with Crippen LogP contribution in [0.5, 0.6) is 0 Å². The van der Waals surface area contributed by atoms with Crippen LogP contribution >= 0.6 is 27.5 Å². The first-order valence-corrected chi connectivity index (χ1v) is 9.94. The van der Waals surface area contributed by atoms with Gasteiger partial charge in [-0.25, -0.2) is 12.7 Å². The van der Waals surface area contributed by atoms with Crippen LogP contribution in [0.3, 0.4) is 0 Å². The zero-order valence-corrected chi connectivity index (χ0v) is 15.4. The molecule has 0 saturated carbocycles. The minimum absolute atomic E-state index is 0.320.